The number of aromatic nitrogens is 1. The smallest absolute Gasteiger partial charge is 0.421 e. The largest absolute Gasteiger partial charge is 0.462 e. The Morgan fingerprint density at radius 3 is 2.08 bits per heavy atom. The number of rotatable bonds is 8. The molecule has 0 bridgehead atoms. The minimum atomic E-state index is -4.76. The van der Waals surface area contributed by atoms with Gasteiger partial charge in [-0.3, -0.25) is 19.6 Å². The van der Waals surface area contributed by atoms with Gasteiger partial charge in [0.1, 0.15) is 6.04 Å². The zero-order chi connectivity index (χ0) is 28.2. The zero-order valence-corrected chi connectivity index (χ0v) is 22.4. The van der Waals surface area contributed by atoms with Crippen LogP contribution in [0.15, 0.2) is 73.1 Å². The van der Waals surface area contributed by atoms with Gasteiger partial charge in [0.2, 0.25) is 0 Å². The summed E-state index contributed by atoms with van der Waals surface area (Å²) < 4.78 is 45.0. The van der Waals surface area contributed by atoms with Crippen molar-refractivity contribution >= 4 is 5.97 Å². The minimum Gasteiger partial charge on any atom is -0.462 e. The Kier molecular flexibility index (Phi) is 8.73. The summed E-state index contributed by atoms with van der Waals surface area (Å²) in [4.78, 5) is 21.4. The van der Waals surface area contributed by atoms with Gasteiger partial charge < -0.3 is 9.84 Å². The van der Waals surface area contributed by atoms with Crippen LogP contribution in [0.1, 0.15) is 37.5 Å². The number of carbonyl (C=O) groups is 1. The maximum atomic E-state index is 13.1. The summed E-state index contributed by atoms with van der Waals surface area (Å²) in [5.74, 6) is -0.230. The van der Waals surface area contributed by atoms with Crippen LogP contribution in [0.5, 0.6) is 0 Å². The van der Waals surface area contributed by atoms with Gasteiger partial charge in [0.25, 0.3) is 0 Å². The van der Waals surface area contributed by atoms with Crippen LogP contribution in [0.2, 0.25) is 0 Å². The van der Waals surface area contributed by atoms with E-state index in [4.69, 9.17) is 4.74 Å². The molecule has 3 aromatic rings. The number of benzene rings is 2. The molecule has 6 nitrogen and oxygen atoms in total. The highest BCUT2D eigenvalue weighted by molar-refractivity contribution is 5.76. The molecule has 208 valence electrons. The predicted molar refractivity (Wildman–Crippen MR) is 142 cm³/mol. The van der Waals surface area contributed by atoms with Gasteiger partial charge in [-0.1, -0.05) is 48.5 Å². The van der Waals surface area contributed by atoms with Gasteiger partial charge in [0.05, 0.1) is 6.10 Å². The van der Waals surface area contributed by atoms with E-state index in [9.17, 15) is 23.1 Å². The molecule has 1 aliphatic heterocycles. The second-order valence-electron chi connectivity index (χ2n) is 10.4. The lowest BCUT2D eigenvalue weighted by molar-refractivity contribution is -0.258. The van der Waals surface area contributed by atoms with Crippen molar-refractivity contribution in [1.82, 2.24) is 14.8 Å². The van der Waals surface area contributed by atoms with Crippen molar-refractivity contribution in [1.29, 1.82) is 0 Å². The van der Waals surface area contributed by atoms with Gasteiger partial charge in [-0.2, -0.15) is 13.2 Å². The SMILES string of the molecule is CC(C)OC(=O)[C@@H]1CN(Cc2ccc(-c3ccc(C(C)(O)C(F)(F)F)cc3)cc2)CCN1Cc1ccncc1. The van der Waals surface area contributed by atoms with Crippen molar-refractivity contribution in [2.45, 2.75) is 57.8 Å². The molecule has 1 N–H and O–H groups in total. The number of hydrogen-bond acceptors (Lipinski definition) is 6. The van der Waals surface area contributed by atoms with E-state index < -0.39 is 11.8 Å². The van der Waals surface area contributed by atoms with E-state index in [0.717, 1.165) is 35.7 Å². The molecule has 1 fully saturated rings. The van der Waals surface area contributed by atoms with Gasteiger partial charge in [-0.25, -0.2) is 0 Å². The summed E-state index contributed by atoms with van der Waals surface area (Å²) in [5, 5.41) is 9.90. The number of nitrogens with zero attached hydrogens (tertiary/aromatic N) is 3. The second-order valence-corrected chi connectivity index (χ2v) is 10.4. The Morgan fingerprint density at radius 2 is 1.51 bits per heavy atom. The van der Waals surface area contributed by atoms with Crippen LogP contribution in [0, 0.1) is 0 Å². The summed E-state index contributed by atoms with van der Waals surface area (Å²) in [6.07, 6.45) is -1.46. The molecule has 9 heteroatoms. The van der Waals surface area contributed by atoms with Crippen LogP contribution in [-0.2, 0) is 28.2 Å². The first-order chi connectivity index (χ1) is 18.4. The number of hydrogen-bond donors (Lipinski definition) is 1. The van der Waals surface area contributed by atoms with E-state index in [2.05, 4.69) is 14.8 Å². The lowest BCUT2D eigenvalue weighted by Gasteiger charge is -2.40. The molecule has 0 aliphatic carbocycles. The molecule has 2 heterocycles. The molecule has 1 saturated heterocycles. The summed E-state index contributed by atoms with van der Waals surface area (Å²) in [5.41, 5.74) is 0.656. The van der Waals surface area contributed by atoms with Crippen LogP contribution in [0.4, 0.5) is 13.2 Å². The van der Waals surface area contributed by atoms with Crippen LogP contribution in [0.3, 0.4) is 0 Å². The zero-order valence-electron chi connectivity index (χ0n) is 22.4. The molecule has 0 saturated carbocycles. The van der Waals surface area contributed by atoms with Crippen molar-refractivity contribution in [3.8, 4) is 11.1 Å². The number of esters is 1. The van der Waals surface area contributed by atoms with Crippen LogP contribution in [0.25, 0.3) is 11.1 Å². The van der Waals surface area contributed by atoms with E-state index in [-0.39, 0.29) is 23.7 Å². The summed E-state index contributed by atoms with van der Waals surface area (Å²) in [6, 6.07) is 17.1. The number of pyridine rings is 1. The maximum Gasteiger partial charge on any atom is 0.421 e. The summed E-state index contributed by atoms with van der Waals surface area (Å²) >= 11 is 0. The van der Waals surface area contributed by atoms with Crippen LogP contribution in [-0.4, -0.2) is 63.8 Å². The van der Waals surface area contributed by atoms with Crippen molar-refractivity contribution in [2.75, 3.05) is 19.6 Å². The fourth-order valence-electron chi connectivity index (χ4n) is 4.68. The third-order valence-corrected chi connectivity index (χ3v) is 7.03. The number of piperazine rings is 1. The first-order valence-corrected chi connectivity index (χ1v) is 13.0. The summed E-state index contributed by atoms with van der Waals surface area (Å²) in [6.45, 7) is 7.79. The second kappa shape index (κ2) is 11.9. The third kappa shape index (κ3) is 7.03. The Bertz CT molecular complexity index is 1230. The lowest BCUT2D eigenvalue weighted by Crippen LogP contribution is -2.56. The van der Waals surface area contributed by atoms with Crippen LogP contribution >= 0.6 is 0 Å². The van der Waals surface area contributed by atoms with Crippen molar-refractivity contribution in [3.05, 3.63) is 89.7 Å². The Morgan fingerprint density at radius 1 is 0.949 bits per heavy atom. The van der Waals surface area contributed by atoms with E-state index >= 15 is 0 Å². The number of alkyl halides is 3. The average Bonchev–Trinajstić information content (AvgIpc) is 2.89. The number of carbonyl (C=O) groups excluding carboxylic acids is 1. The topological polar surface area (TPSA) is 65.9 Å². The molecule has 0 radical (unpaired) electrons. The van der Waals surface area contributed by atoms with Gasteiger partial charge >= 0.3 is 12.1 Å². The molecule has 1 unspecified atom stereocenters. The van der Waals surface area contributed by atoms with Gasteiger partial charge in [0.15, 0.2) is 5.60 Å². The molecule has 39 heavy (non-hydrogen) atoms. The predicted octanol–water partition coefficient (Wildman–Crippen LogP) is 5.16. The van der Waals surface area contributed by atoms with E-state index in [1.807, 2.05) is 50.2 Å². The highest BCUT2D eigenvalue weighted by Crippen LogP contribution is 2.39. The highest BCUT2D eigenvalue weighted by atomic mass is 19.4. The van der Waals surface area contributed by atoms with Gasteiger partial charge in [-0.05, 0) is 60.7 Å². The molecule has 4 rings (SSSR count). The van der Waals surface area contributed by atoms with E-state index in [1.54, 1.807) is 24.5 Å². The number of ether oxygens (including phenoxy) is 1. The fourth-order valence-corrected chi connectivity index (χ4v) is 4.68. The average molecular weight is 542 g/mol. The quantitative estimate of drug-likeness (QED) is 0.398. The molecule has 0 amide bonds. The molecule has 2 aromatic carbocycles. The van der Waals surface area contributed by atoms with E-state index in [1.165, 1.54) is 12.1 Å². The van der Waals surface area contributed by atoms with E-state index in [0.29, 0.717) is 26.2 Å². The molecule has 1 aliphatic rings. The number of aliphatic hydroxyl groups is 1. The Labute approximate surface area is 227 Å². The maximum absolute atomic E-state index is 13.1. The Hall–Kier alpha value is -3.27. The third-order valence-electron chi connectivity index (χ3n) is 7.03. The summed E-state index contributed by atoms with van der Waals surface area (Å²) in [7, 11) is 0. The standard InChI is InChI=1S/C30H34F3N3O3/c1-21(2)39-28(37)27-20-35(16-17-36(27)19-23-12-14-34-15-13-23)18-22-4-6-24(7-5-22)25-8-10-26(11-9-25)29(3,38)30(31,32)33/h4-15,21,27,38H,16-20H2,1-3H3/t27-,29?/m0/s1. The Balaban J connectivity index is 1.42. The van der Waals surface area contributed by atoms with Crippen LogP contribution < -0.4 is 0 Å². The molecular weight excluding hydrogens is 507 g/mol. The van der Waals surface area contributed by atoms with Crippen molar-refractivity contribution < 1.29 is 27.8 Å². The molecule has 0 spiro atoms. The van der Waals surface area contributed by atoms with Crippen molar-refractivity contribution in [2.24, 2.45) is 0 Å². The normalized spacial score (nSPS) is 18.6. The molecular formula is C30H34F3N3O3. The lowest BCUT2D eigenvalue weighted by atomic mass is 9.93. The molecule has 1 aromatic heterocycles. The first kappa shape index (κ1) is 28.7. The monoisotopic (exact) mass is 541 g/mol. The minimum absolute atomic E-state index is 0.197. The fraction of sp³-hybridized carbons (Fsp3) is 0.400. The highest BCUT2D eigenvalue weighted by Gasteiger charge is 2.51. The van der Waals surface area contributed by atoms with Gasteiger partial charge in [0, 0.05) is 45.1 Å². The molecule has 2 atom stereocenters. The van der Waals surface area contributed by atoms with Gasteiger partial charge in [-0.15, -0.1) is 0 Å². The van der Waals surface area contributed by atoms with Crippen molar-refractivity contribution in [3.63, 3.8) is 0 Å². The first-order valence-electron chi connectivity index (χ1n) is 13.0. The number of halogens is 3.